The van der Waals surface area contributed by atoms with Crippen LogP contribution in [-0.2, 0) is 0 Å². The van der Waals surface area contributed by atoms with Crippen molar-refractivity contribution in [1.29, 1.82) is 0 Å². The first-order valence-electron chi connectivity index (χ1n) is 10.1. The van der Waals surface area contributed by atoms with Gasteiger partial charge in [-0.3, -0.25) is 9.59 Å². The molecule has 30 heavy (non-hydrogen) atoms. The van der Waals surface area contributed by atoms with Crippen LogP contribution in [0.2, 0.25) is 0 Å². The van der Waals surface area contributed by atoms with E-state index in [0.29, 0.717) is 37.1 Å². The SMILES string of the molecule is O=C(NC1CCN(C(=O)c2cccc(O)c2)CC1)c1ccc(-c2ccccc2)cc1. The average Bonchev–Trinajstić information content (AvgIpc) is 2.80. The predicted octanol–water partition coefficient (Wildman–Crippen LogP) is 4.09. The highest BCUT2D eigenvalue weighted by Gasteiger charge is 2.25. The molecule has 4 rings (SSSR count). The van der Waals surface area contributed by atoms with Crippen LogP contribution in [-0.4, -0.2) is 41.0 Å². The normalized spacial score (nSPS) is 14.3. The van der Waals surface area contributed by atoms with Crippen LogP contribution in [0.4, 0.5) is 0 Å². The van der Waals surface area contributed by atoms with Crippen molar-refractivity contribution in [2.24, 2.45) is 0 Å². The van der Waals surface area contributed by atoms with E-state index >= 15 is 0 Å². The molecule has 152 valence electrons. The number of carbonyl (C=O) groups is 2. The molecule has 1 aliphatic heterocycles. The summed E-state index contributed by atoms with van der Waals surface area (Å²) in [6.07, 6.45) is 1.41. The van der Waals surface area contributed by atoms with Crippen LogP contribution in [0.3, 0.4) is 0 Å². The van der Waals surface area contributed by atoms with Gasteiger partial charge in [0.25, 0.3) is 11.8 Å². The number of rotatable bonds is 4. The highest BCUT2D eigenvalue weighted by molar-refractivity contribution is 5.95. The van der Waals surface area contributed by atoms with E-state index in [9.17, 15) is 14.7 Å². The number of amides is 2. The fourth-order valence-corrected chi connectivity index (χ4v) is 3.76. The molecule has 1 aliphatic rings. The molecule has 0 bridgehead atoms. The second kappa shape index (κ2) is 8.82. The molecular formula is C25H24N2O3. The molecule has 1 fully saturated rings. The fourth-order valence-electron chi connectivity index (χ4n) is 3.76. The zero-order chi connectivity index (χ0) is 20.9. The van der Waals surface area contributed by atoms with E-state index in [0.717, 1.165) is 11.1 Å². The van der Waals surface area contributed by atoms with Gasteiger partial charge in [0.05, 0.1) is 0 Å². The minimum absolute atomic E-state index is 0.0412. The third kappa shape index (κ3) is 4.51. The van der Waals surface area contributed by atoms with Gasteiger partial charge in [-0.25, -0.2) is 0 Å². The zero-order valence-electron chi connectivity index (χ0n) is 16.6. The van der Waals surface area contributed by atoms with Gasteiger partial charge in [0, 0.05) is 30.3 Å². The Balaban J connectivity index is 1.31. The topological polar surface area (TPSA) is 69.6 Å². The van der Waals surface area contributed by atoms with Gasteiger partial charge in [-0.15, -0.1) is 0 Å². The summed E-state index contributed by atoms with van der Waals surface area (Å²) >= 11 is 0. The lowest BCUT2D eigenvalue weighted by atomic mass is 10.0. The van der Waals surface area contributed by atoms with Crippen molar-refractivity contribution in [3.05, 3.63) is 90.0 Å². The standard InChI is InChI=1S/C25H24N2O3/c28-23-8-4-7-21(17-23)25(30)27-15-13-22(14-16-27)26-24(29)20-11-9-19(10-12-20)18-5-2-1-3-6-18/h1-12,17,22,28H,13-16H2,(H,26,29). The van der Waals surface area contributed by atoms with Crippen molar-refractivity contribution in [3.63, 3.8) is 0 Å². The molecule has 0 unspecified atom stereocenters. The van der Waals surface area contributed by atoms with Crippen molar-refractivity contribution in [3.8, 4) is 16.9 Å². The number of nitrogens with zero attached hydrogens (tertiary/aromatic N) is 1. The average molecular weight is 400 g/mol. The predicted molar refractivity (Wildman–Crippen MR) is 116 cm³/mol. The van der Waals surface area contributed by atoms with Gasteiger partial charge < -0.3 is 15.3 Å². The fraction of sp³-hybridized carbons (Fsp3) is 0.200. The number of phenols is 1. The number of hydrogen-bond donors (Lipinski definition) is 2. The maximum Gasteiger partial charge on any atom is 0.253 e. The van der Waals surface area contributed by atoms with Crippen LogP contribution in [0.5, 0.6) is 5.75 Å². The Morgan fingerprint density at radius 3 is 2.13 bits per heavy atom. The van der Waals surface area contributed by atoms with Gasteiger partial charge in [-0.1, -0.05) is 48.5 Å². The van der Waals surface area contributed by atoms with Gasteiger partial charge in [-0.05, 0) is 54.3 Å². The van der Waals surface area contributed by atoms with E-state index in [1.165, 1.54) is 6.07 Å². The number of benzene rings is 3. The van der Waals surface area contributed by atoms with Crippen LogP contribution in [0.15, 0.2) is 78.9 Å². The first kappa shape index (κ1) is 19.7. The Labute approximate surface area is 176 Å². The molecule has 0 aromatic heterocycles. The molecule has 0 saturated carbocycles. The minimum Gasteiger partial charge on any atom is -0.508 e. The Morgan fingerprint density at radius 2 is 1.47 bits per heavy atom. The molecule has 3 aromatic rings. The first-order chi connectivity index (χ1) is 14.6. The zero-order valence-corrected chi connectivity index (χ0v) is 16.6. The molecule has 2 N–H and O–H groups in total. The highest BCUT2D eigenvalue weighted by Crippen LogP contribution is 2.20. The van der Waals surface area contributed by atoms with Crippen molar-refractivity contribution >= 4 is 11.8 Å². The minimum atomic E-state index is -0.0906. The van der Waals surface area contributed by atoms with E-state index in [1.54, 1.807) is 23.1 Å². The quantitative estimate of drug-likeness (QED) is 0.693. The molecule has 0 spiro atoms. The maximum absolute atomic E-state index is 12.6. The Morgan fingerprint density at radius 1 is 0.800 bits per heavy atom. The third-order valence-electron chi connectivity index (χ3n) is 5.46. The van der Waals surface area contributed by atoms with Crippen LogP contribution in [0.1, 0.15) is 33.6 Å². The summed E-state index contributed by atoms with van der Waals surface area (Å²) in [6.45, 7) is 1.15. The molecule has 5 nitrogen and oxygen atoms in total. The number of piperidine rings is 1. The summed E-state index contributed by atoms with van der Waals surface area (Å²) in [4.78, 5) is 27.0. The second-order valence-electron chi connectivity index (χ2n) is 7.53. The third-order valence-corrected chi connectivity index (χ3v) is 5.46. The molecule has 3 aromatic carbocycles. The molecule has 2 amide bonds. The van der Waals surface area contributed by atoms with E-state index < -0.39 is 0 Å². The monoisotopic (exact) mass is 400 g/mol. The van der Waals surface area contributed by atoms with E-state index in [-0.39, 0.29) is 23.6 Å². The molecule has 1 heterocycles. The number of aromatic hydroxyl groups is 1. The lowest BCUT2D eigenvalue weighted by Gasteiger charge is -2.32. The van der Waals surface area contributed by atoms with E-state index in [4.69, 9.17) is 0 Å². The van der Waals surface area contributed by atoms with Crippen molar-refractivity contribution in [2.45, 2.75) is 18.9 Å². The first-order valence-corrected chi connectivity index (χ1v) is 10.1. The Kier molecular flexibility index (Phi) is 5.80. The second-order valence-corrected chi connectivity index (χ2v) is 7.53. The van der Waals surface area contributed by atoms with Gasteiger partial charge in [0.2, 0.25) is 0 Å². The number of likely N-dealkylation sites (tertiary alicyclic amines) is 1. The summed E-state index contributed by atoms with van der Waals surface area (Å²) in [5.74, 6) is -0.0965. The molecule has 5 heteroatoms. The summed E-state index contributed by atoms with van der Waals surface area (Å²) in [6, 6.07) is 24.1. The molecular weight excluding hydrogens is 376 g/mol. The number of nitrogens with one attached hydrogen (secondary N) is 1. The molecule has 0 aliphatic carbocycles. The molecule has 0 atom stereocenters. The smallest absolute Gasteiger partial charge is 0.253 e. The van der Waals surface area contributed by atoms with Crippen molar-refractivity contribution < 1.29 is 14.7 Å². The number of hydrogen-bond acceptors (Lipinski definition) is 3. The van der Waals surface area contributed by atoms with Gasteiger partial charge in [-0.2, -0.15) is 0 Å². The maximum atomic E-state index is 12.6. The lowest BCUT2D eigenvalue weighted by molar-refractivity contribution is 0.0697. The molecule has 0 radical (unpaired) electrons. The van der Waals surface area contributed by atoms with Gasteiger partial charge in [0.1, 0.15) is 5.75 Å². The van der Waals surface area contributed by atoms with Crippen molar-refractivity contribution in [2.75, 3.05) is 13.1 Å². The summed E-state index contributed by atoms with van der Waals surface area (Å²) in [7, 11) is 0. The Bertz CT molecular complexity index is 1020. The van der Waals surface area contributed by atoms with E-state index in [2.05, 4.69) is 5.32 Å². The summed E-state index contributed by atoms with van der Waals surface area (Å²) < 4.78 is 0. The van der Waals surface area contributed by atoms with E-state index in [1.807, 2.05) is 54.6 Å². The van der Waals surface area contributed by atoms with Gasteiger partial charge in [0.15, 0.2) is 0 Å². The van der Waals surface area contributed by atoms with Crippen LogP contribution in [0.25, 0.3) is 11.1 Å². The van der Waals surface area contributed by atoms with Crippen molar-refractivity contribution in [1.82, 2.24) is 10.2 Å². The van der Waals surface area contributed by atoms with Crippen LogP contribution >= 0.6 is 0 Å². The number of carbonyl (C=O) groups excluding carboxylic acids is 2. The Hall–Kier alpha value is -3.60. The largest absolute Gasteiger partial charge is 0.508 e. The van der Waals surface area contributed by atoms with Crippen LogP contribution < -0.4 is 5.32 Å². The highest BCUT2D eigenvalue weighted by atomic mass is 16.3. The van der Waals surface area contributed by atoms with Crippen LogP contribution in [0, 0.1) is 0 Å². The summed E-state index contributed by atoms with van der Waals surface area (Å²) in [5, 5.41) is 12.7. The molecule has 1 saturated heterocycles. The lowest BCUT2D eigenvalue weighted by Crippen LogP contribution is -2.46. The number of phenolic OH excluding ortho intramolecular Hbond substituents is 1. The van der Waals surface area contributed by atoms with Gasteiger partial charge >= 0.3 is 0 Å². The summed E-state index contributed by atoms with van der Waals surface area (Å²) in [5.41, 5.74) is 3.31.